The fourth-order valence-corrected chi connectivity index (χ4v) is 3.66. The van der Waals surface area contributed by atoms with Gasteiger partial charge in [0.1, 0.15) is 5.82 Å². The van der Waals surface area contributed by atoms with Gasteiger partial charge in [0, 0.05) is 20.2 Å². The molecule has 106 valence electrons. The Morgan fingerprint density at radius 3 is 2.84 bits per heavy atom. The summed E-state index contributed by atoms with van der Waals surface area (Å²) in [6.07, 6.45) is 1.45. The number of rotatable bonds is 3. The third-order valence-corrected chi connectivity index (χ3v) is 5.15. The molecule has 1 aliphatic heterocycles. The molecule has 1 unspecified atom stereocenters. The Balaban J connectivity index is 2.28. The number of methoxy groups -OCH3 is 1. The van der Waals surface area contributed by atoms with Crippen LogP contribution in [0.2, 0.25) is 0 Å². The molecule has 1 aromatic rings. The van der Waals surface area contributed by atoms with Gasteiger partial charge in [0.2, 0.25) is 10.0 Å². The second kappa shape index (κ2) is 5.44. The van der Waals surface area contributed by atoms with Crippen molar-refractivity contribution >= 4 is 15.7 Å². The minimum absolute atomic E-state index is 0.0626. The third-order valence-electron chi connectivity index (χ3n) is 3.28. The molecule has 2 N–H and O–H groups in total. The number of sulfonamides is 1. The zero-order valence-electron chi connectivity index (χ0n) is 10.7. The zero-order chi connectivity index (χ0) is 14.0. The van der Waals surface area contributed by atoms with Gasteiger partial charge in [-0.1, -0.05) is 0 Å². The van der Waals surface area contributed by atoms with Gasteiger partial charge < -0.3 is 10.5 Å². The maximum Gasteiger partial charge on any atom is 0.243 e. The summed E-state index contributed by atoms with van der Waals surface area (Å²) >= 11 is 0. The molecule has 1 atom stereocenters. The zero-order valence-corrected chi connectivity index (χ0v) is 11.5. The van der Waals surface area contributed by atoms with E-state index in [1.165, 1.54) is 16.4 Å². The van der Waals surface area contributed by atoms with Gasteiger partial charge in [-0.15, -0.1) is 0 Å². The first-order chi connectivity index (χ1) is 8.95. The maximum absolute atomic E-state index is 13.4. The molecule has 0 radical (unpaired) electrons. The molecule has 1 fully saturated rings. The average molecular weight is 288 g/mol. The lowest BCUT2D eigenvalue weighted by atomic mass is 10.1. The smallest absolute Gasteiger partial charge is 0.243 e. The van der Waals surface area contributed by atoms with Crippen LogP contribution in [0.4, 0.5) is 10.1 Å². The molecule has 0 spiro atoms. The van der Waals surface area contributed by atoms with Crippen LogP contribution in [0.5, 0.6) is 0 Å². The molecule has 2 rings (SSSR count). The molecule has 1 heterocycles. The fraction of sp³-hybridized carbons (Fsp3) is 0.500. The van der Waals surface area contributed by atoms with E-state index in [0.717, 1.165) is 18.9 Å². The number of hydrogen-bond donors (Lipinski definition) is 1. The standard InChI is InChI=1S/C12H17FN2O3S/c1-18-9-3-2-6-15(8-9)19(16,17)10-4-5-12(14)11(13)7-10/h4-5,7,9H,2-3,6,8,14H2,1H3. The van der Waals surface area contributed by atoms with Gasteiger partial charge in [0.15, 0.2) is 0 Å². The van der Waals surface area contributed by atoms with Gasteiger partial charge >= 0.3 is 0 Å². The van der Waals surface area contributed by atoms with Crippen molar-refractivity contribution in [3.63, 3.8) is 0 Å². The van der Waals surface area contributed by atoms with Crippen LogP contribution in [0.25, 0.3) is 0 Å². The van der Waals surface area contributed by atoms with E-state index in [-0.39, 0.29) is 16.7 Å². The first-order valence-corrected chi connectivity index (χ1v) is 7.47. The lowest BCUT2D eigenvalue weighted by Gasteiger charge is -2.31. The molecular weight excluding hydrogens is 271 g/mol. The Labute approximate surface area is 112 Å². The molecule has 1 aliphatic rings. The highest BCUT2D eigenvalue weighted by Crippen LogP contribution is 2.23. The first kappa shape index (κ1) is 14.2. The highest BCUT2D eigenvalue weighted by molar-refractivity contribution is 7.89. The van der Waals surface area contributed by atoms with Gasteiger partial charge in [-0.2, -0.15) is 4.31 Å². The summed E-state index contributed by atoms with van der Waals surface area (Å²) in [6.45, 7) is 0.721. The van der Waals surface area contributed by atoms with Crippen LogP contribution in [-0.2, 0) is 14.8 Å². The Bertz CT molecular complexity index is 562. The van der Waals surface area contributed by atoms with E-state index >= 15 is 0 Å². The Hall–Kier alpha value is -1.18. The number of ether oxygens (including phenoxy) is 1. The van der Waals surface area contributed by atoms with Crippen molar-refractivity contribution in [3.8, 4) is 0 Å². The number of nitrogen functional groups attached to an aromatic ring is 1. The Kier molecular flexibility index (Phi) is 4.07. The minimum Gasteiger partial charge on any atom is -0.396 e. The van der Waals surface area contributed by atoms with Crippen LogP contribution < -0.4 is 5.73 Å². The lowest BCUT2D eigenvalue weighted by molar-refractivity contribution is 0.0572. The second-order valence-corrected chi connectivity index (χ2v) is 6.48. The summed E-state index contributed by atoms with van der Waals surface area (Å²) in [5.41, 5.74) is 5.29. The van der Waals surface area contributed by atoms with Crippen molar-refractivity contribution in [1.82, 2.24) is 4.31 Å². The molecule has 0 bridgehead atoms. The predicted octanol–water partition coefficient (Wildman–Crippen LogP) is 1.21. The summed E-state index contributed by atoms with van der Waals surface area (Å²) in [7, 11) is -2.13. The van der Waals surface area contributed by atoms with Crippen LogP contribution >= 0.6 is 0 Å². The monoisotopic (exact) mass is 288 g/mol. The van der Waals surface area contributed by atoms with Crippen molar-refractivity contribution in [2.45, 2.75) is 23.8 Å². The molecule has 0 aromatic heterocycles. The fourth-order valence-electron chi connectivity index (χ4n) is 2.13. The number of nitrogens with two attached hydrogens (primary N) is 1. The number of halogens is 1. The number of benzene rings is 1. The van der Waals surface area contributed by atoms with E-state index in [2.05, 4.69) is 0 Å². The molecule has 1 aromatic carbocycles. The van der Waals surface area contributed by atoms with Crippen LogP contribution in [0.1, 0.15) is 12.8 Å². The lowest BCUT2D eigenvalue weighted by Crippen LogP contribution is -2.42. The topological polar surface area (TPSA) is 72.6 Å². The molecule has 0 amide bonds. The van der Waals surface area contributed by atoms with Gasteiger partial charge in [-0.05, 0) is 31.0 Å². The third kappa shape index (κ3) is 2.88. The molecule has 19 heavy (non-hydrogen) atoms. The molecule has 1 saturated heterocycles. The summed E-state index contributed by atoms with van der Waals surface area (Å²) in [6, 6.07) is 3.55. The van der Waals surface area contributed by atoms with Crippen LogP contribution in [0, 0.1) is 5.82 Å². The average Bonchev–Trinajstić information content (AvgIpc) is 2.41. The number of piperidine rings is 1. The second-order valence-electron chi connectivity index (χ2n) is 4.55. The van der Waals surface area contributed by atoms with E-state index in [1.807, 2.05) is 0 Å². The van der Waals surface area contributed by atoms with E-state index in [0.29, 0.717) is 13.1 Å². The van der Waals surface area contributed by atoms with Gasteiger partial charge in [0.25, 0.3) is 0 Å². The molecule has 5 nitrogen and oxygen atoms in total. The first-order valence-electron chi connectivity index (χ1n) is 6.03. The Morgan fingerprint density at radius 2 is 2.21 bits per heavy atom. The van der Waals surface area contributed by atoms with Crippen molar-refractivity contribution in [1.29, 1.82) is 0 Å². The number of anilines is 1. The Morgan fingerprint density at radius 1 is 1.47 bits per heavy atom. The predicted molar refractivity (Wildman–Crippen MR) is 69.6 cm³/mol. The summed E-state index contributed by atoms with van der Waals surface area (Å²) in [5.74, 6) is -0.721. The van der Waals surface area contributed by atoms with Gasteiger partial charge in [-0.3, -0.25) is 0 Å². The van der Waals surface area contributed by atoms with Crippen LogP contribution in [0.3, 0.4) is 0 Å². The van der Waals surface area contributed by atoms with E-state index < -0.39 is 15.8 Å². The van der Waals surface area contributed by atoms with Crippen molar-refractivity contribution in [2.75, 3.05) is 25.9 Å². The maximum atomic E-state index is 13.4. The van der Waals surface area contributed by atoms with Gasteiger partial charge in [0.05, 0.1) is 16.7 Å². The highest BCUT2D eigenvalue weighted by Gasteiger charge is 2.30. The summed E-state index contributed by atoms with van der Waals surface area (Å²) < 4.78 is 44.7. The van der Waals surface area contributed by atoms with Crippen molar-refractivity contribution < 1.29 is 17.5 Å². The normalized spacial score (nSPS) is 21.5. The van der Waals surface area contributed by atoms with Crippen molar-refractivity contribution in [3.05, 3.63) is 24.0 Å². The quantitative estimate of drug-likeness (QED) is 0.848. The van der Waals surface area contributed by atoms with Crippen LogP contribution in [0.15, 0.2) is 23.1 Å². The number of hydrogen-bond acceptors (Lipinski definition) is 4. The van der Waals surface area contributed by atoms with Crippen molar-refractivity contribution in [2.24, 2.45) is 0 Å². The summed E-state index contributed by atoms with van der Waals surface area (Å²) in [4.78, 5) is -0.0732. The van der Waals surface area contributed by atoms with E-state index in [4.69, 9.17) is 10.5 Å². The minimum atomic E-state index is -3.69. The SMILES string of the molecule is COC1CCCN(S(=O)(=O)c2ccc(N)c(F)c2)C1. The van der Waals surface area contributed by atoms with Gasteiger partial charge in [-0.25, -0.2) is 12.8 Å². The molecule has 0 aliphatic carbocycles. The van der Waals surface area contributed by atoms with Crippen LogP contribution in [-0.4, -0.2) is 39.0 Å². The molecule has 7 heteroatoms. The highest BCUT2D eigenvalue weighted by atomic mass is 32.2. The molecule has 0 saturated carbocycles. The summed E-state index contributed by atoms with van der Waals surface area (Å²) in [5, 5.41) is 0. The molecular formula is C12H17FN2O3S. The van der Waals surface area contributed by atoms with E-state index in [1.54, 1.807) is 7.11 Å². The van der Waals surface area contributed by atoms with E-state index in [9.17, 15) is 12.8 Å². The largest absolute Gasteiger partial charge is 0.396 e. The number of nitrogens with zero attached hydrogens (tertiary/aromatic N) is 1.